The molecule has 1 unspecified atom stereocenters. The molecule has 0 aliphatic heterocycles. The molecule has 2 aromatic carbocycles. The first-order chi connectivity index (χ1) is 14.9. The molecule has 176 valence electrons. The smallest absolute Gasteiger partial charge is 0.422 e. The van der Waals surface area contributed by atoms with Crippen LogP contribution in [0.3, 0.4) is 0 Å². The summed E-state index contributed by atoms with van der Waals surface area (Å²) in [7, 11) is -2.16. The maximum absolute atomic E-state index is 12.4. The molecule has 0 fully saturated rings. The van der Waals surface area contributed by atoms with Crippen molar-refractivity contribution in [3.8, 4) is 11.5 Å². The molecule has 1 atom stereocenters. The van der Waals surface area contributed by atoms with Crippen LogP contribution in [0.5, 0.6) is 11.5 Å². The van der Waals surface area contributed by atoms with E-state index in [0.717, 1.165) is 6.26 Å². The third-order valence-electron chi connectivity index (χ3n) is 4.36. The van der Waals surface area contributed by atoms with Crippen LogP contribution in [0.15, 0.2) is 42.5 Å². The van der Waals surface area contributed by atoms with Gasteiger partial charge in [0.1, 0.15) is 0 Å². The Morgan fingerprint density at radius 3 is 2.44 bits per heavy atom. The summed E-state index contributed by atoms with van der Waals surface area (Å²) >= 11 is 0. The maximum Gasteiger partial charge on any atom is 0.422 e. The number of carbonyl (C=O) groups excluding carboxylic acids is 1. The fourth-order valence-electron chi connectivity index (χ4n) is 2.96. The zero-order valence-corrected chi connectivity index (χ0v) is 18.6. The van der Waals surface area contributed by atoms with E-state index in [-0.39, 0.29) is 23.8 Å². The molecule has 0 spiro atoms. The van der Waals surface area contributed by atoms with Gasteiger partial charge in [0.05, 0.1) is 25.1 Å². The molecule has 11 heteroatoms. The summed E-state index contributed by atoms with van der Waals surface area (Å²) in [6, 6.07) is 10.7. The minimum absolute atomic E-state index is 0.0402. The van der Waals surface area contributed by atoms with Crippen LogP contribution in [0.1, 0.15) is 30.5 Å². The molecule has 0 saturated carbocycles. The fraction of sp³-hybridized carbons (Fsp3) is 0.381. The topological polar surface area (TPSA) is 93.7 Å². The van der Waals surface area contributed by atoms with Gasteiger partial charge in [-0.1, -0.05) is 24.3 Å². The van der Waals surface area contributed by atoms with E-state index in [9.17, 15) is 26.4 Å². The first-order valence-corrected chi connectivity index (χ1v) is 11.5. The lowest BCUT2D eigenvalue weighted by molar-refractivity contribution is -0.153. The van der Waals surface area contributed by atoms with Crippen LogP contribution in [-0.2, 0) is 21.2 Å². The molecule has 0 aliphatic rings. The molecule has 0 aromatic heterocycles. The zero-order chi connectivity index (χ0) is 23.9. The fourth-order valence-corrected chi connectivity index (χ4v) is 3.55. The monoisotopic (exact) mass is 474 g/mol. The van der Waals surface area contributed by atoms with Gasteiger partial charge in [-0.2, -0.15) is 13.2 Å². The summed E-state index contributed by atoms with van der Waals surface area (Å²) in [4.78, 5) is 12.4. The van der Waals surface area contributed by atoms with E-state index in [1.165, 1.54) is 19.2 Å². The highest BCUT2D eigenvalue weighted by atomic mass is 32.2. The Morgan fingerprint density at radius 1 is 1.12 bits per heavy atom. The third kappa shape index (κ3) is 8.29. The van der Waals surface area contributed by atoms with Crippen LogP contribution >= 0.6 is 0 Å². The first kappa shape index (κ1) is 25.3. The minimum atomic E-state index is -4.46. The average Bonchev–Trinajstić information content (AvgIpc) is 2.69. The molecule has 0 radical (unpaired) electrons. The third-order valence-corrected chi connectivity index (χ3v) is 4.95. The van der Waals surface area contributed by atoms with Crippen LogP contribution in [0.25, 0.3) is 0 Å². The number of para-hydroxylation sites is 1. The predicted octanol–water partition coefficient (Wildman–Crippen LogP) is 3.82. The van der Waals surface area contributed by atoms with Crippen LogP contribution in [0.2, 0.25) is 0 Å². The number of anilines is 1. The molecular formula is C21H25F3N2O5S. The lowest BCUT2D eigenvalue weighted by Crippen LogP contribution is -2.27. The van der Waals surface area contributed by atoms with Crippen LogP contribution in [-0.4, -0.2) is 40.5 Å². The van der Waals surface area contributed by atoms with Crippen molar-refractivity contribution in [3.05, 3.63) is 53.6 Å². The molecule has 0 saturated heterocycles. The Balaban J connectivity index is 1.98. The number of methoxy groups -OCH3 is 1. The lowest BCUT2D eigenvalue weighted by atomic mass is 10.1. The molecule has 0 heterocycles. The zero-order valence-electron chi connectivity index (χ0n) is 17.8. The van der Waals surface area contributed by atoms with Gasteiger partial charge in [-0.05, 0) is 42.7 Å². The number of nitrogens with one attached hydrogen (secondary N) is 2. The van der Waals surface area contributed by atoms with Gasteiger partial charge in [-0.15, -0.1) is 0 Å². The Hall–Kier alpha value is -2.95. The predicted molar refractivity (Wildman–Crippen MR) is 114 cm³/mol. The molecule has 7 nitrogen and oxygen atoms in total. The second-order valence-corrected chi connectivity index (χ2v) is 8.89. The summed E-state index contributed by atoms with van der Waals surface area (Å²) in [6.07, 6.45) is -3.00. The summed E-state index contributed by atoms with van der Waals surface area (Å²) in [5.74, 6) is -0.175. The van der Waals surface area contributed by atoms with Crippen molar-refractivity contribution in [1.82, 2.24) is 5.32 Å². The van der Waals surface area contributed by atoms with Crippen molar-refractivity contribution < 1.29 is 35.9 Å². The highest BCUT2D eigenvalue weighted by Gasteiger charge is 2.29. The van der Waals surface area contributed by atoms with Crippen LogP contribution < -0.4 is 19.5 Å². The number of hydrogen-bond acceptors (Lipinski definition) is 5. The summed E-state index contributed by atoms with van der Waals surface area (Å²) in [5, 5.41) is 2.81. The average molecular weight is 475 g/mol. The molecule has 0 aliphatic carbocycles. The van der Waals surface area contributed by atoms with Crippen molar-refractivity contribution in [2.45, 2.75) is 32.0 Å². The first-order valence-electron chi connectivity index (χ1n) is 9.60. The van der Waals surface area contributed by atoms with Crippen molar-refractivity contribution >= 4 is 21.6 Å². The number of alkyl halides is 3. The standard InChI is InChI=1S/C21H25F3N2O5S/c1-14(16-6-4-5-7-17(16)26-32(3,28)29)25-20(27)11-9-15-8-10-18(19(12-15)30-2)31-13-21(22,23)24/h4-8,10,12,14,26H,9,11,13H2,1-3H3,(H,25,27). The number of sulfonamides is 1. The number of ether oxygens (including phenoxy) is 2. The normalized spacial score (nSPS) is 12.7. The SMILES string of the molecule is COc1cc(CCC(=O)NC(C)c2ccccc2NS(C)(=O)=O)ccc1OCC(F)(F)F. The highest BCUT2D eigenvalue weighted by molar-refractivity contribution is 7.92. The molecule has 2 rings (SSSR count). The Labute approximate surface area is 185 Å². The number of amides is 1. The van der Waals surface area contributed by atoms with Gasteiger partial charge in [0, 0.05) is 6.42 Å². The van der Waals surface area contributed by atoms with E-state index in [4.69, 9.17) is 9.47 Å². The van der Waals surface area contributed by atoms with E-state index in [1.807, 2.05) is 0 Å². The Bertz CT molecular complexity index is 1040. The van der Waals surface area contributed by atoms with Gasteiger partial charge in [0.25, 0.3) is 0 Å². The van der Waals surface area contributed by atoms with Gasteiger partial charge >= 0.3 is 6.18 Å². The lowest BCUT2D eigenvalue weighted by Gasteiger charge is -2.18. The number of benzene rings is 2. The van der Waals surface area contributed by atoms with Crippen molar-refractivity contribution in [3.63, 3.8) is 0 Å². The minimum Gasteiger partial charge on any atom is -0.493 e. The van der Waals surface area contributed by atoms with E-state index in [2.05, 4.69) is 10.0 Å². The van der Waals surface area contributed by atoms with E-state index >= 15 is 0 Å². The number of carbonyl (C=O) groups is 1. The van der Waals surface area contributed by atoms with Crippen LogP contribution in [0.4, 0.5) is 18.9 Å². The summed E-state index contributed by atoms with van der Waals surface area (Å²) < 4.78 is 72.4. The van der Waals surface area contributed by atoms with Gasteiger partial charge < -0.3 is 14.8 Å². The molecule has 0 bridgehead atoms. The number of rotatable bonds is 10. The van der Waals surface area contributed by atoms with Crippen molar-refractivity contribution in [1.29, 1.82) is 0 Å². The maximum atomic E-state index is 12.4. The van der Waals surface area contributed by atoms with Gasteiger partial charge in [0.2, 0.25) is 15.9 Å². The van der Waals surface area contributed by atoms with Gasteiger partial charge in [-0.3, -0.25) is 9.52 Å². The van der Waals surface area contributed by atoms with Crippen molar-refractivity contribution in [2.24, 2.45) is 0 Å². The quantitative estimate of drug-likeness (QED) is 0.546. The summed E-state index contributed by atoms with van der Waals surface area (Å²) in [6.45, 7) is 0.301. The van der Waals surface area contributed by atoms with E-state index in [0.29, 0.717) is 23.2 Å². The Morgan fingerprint density at radius 2 is 1.81 bits per heavy atom. The summed E-state index contributed by atoms with van der Waals surface area (Å²) in [5.41, 5.74) is 1.67. The molecule has 2 aromatic rings. The molecular weight excluding hydrogens is 449 g/mol. The van der Waals surface area contributed by atoms with E-state index in [1.54, 1.807) is 37.3 Å². The van der Waals surface area contributed by atoms with E-state index < -0.39 is 28.8 Å². The van der Waals surface area contributed by atoms with Crippen LogP contribution in [0, 0.1) is 0 Å². The van der Waals surface area contributed by atoms with Gasteiger partial charge in [-0.25, -0.2) is 8.42 Å². The number of aryl methyl sites for hydroxylation is 1. The highest BCUT2D eigenvalue weighted by Crippen LogP contribution is 2.30. The largest absolute Gasteiger partial charge is 0.493 e. The second kappa shape index (κ2) is 10.6. The molecule has 2 N–H and O–H groups in total. The number of hydrogen-bond donors (Lipinski definition) is 2. The number of halogens is 3. The second-order valence-electron chi connectivity index (χ2n) is 7.14. The Kier molecular flexibility index (Phi) is 8.37. The van der Waals surface area contributed by atoms with Gasteiger partial charge in [0.15, 0.2) is 18.1 Å². The molecule has 32 heavy (non-hydrogen) atoms. The van der Waals surface area contributed by atoms with Crippen molar-refractivity contribution in [2.75, 3.05) is 24.7 Å². The molecule has 1 amide bonds.